The second-order valence-corrected chi connectivity index (χ2v) is 6.91. The van der Waals surface area contributed by atoms with E-state index in [1.165, 1.54) is 18.3 Å². The van der Waals surface area contributed by atoms with Crippen LogP contribution in [0.2, 0.25) is 5.02 Å². The largest absolute Gasteiger partial charge is 0.481 e. The van der Waals surface area contributed by atoms with Gasteiger partial charge in [0.2, 0.25) is 0 Å². The summed E-state index contributed by atoms with van der Waals surface area (Å²) in [6, 6.07) is 7.04. The molecule has 0 saturated heterocycles. The Bertz CT molecular complexity index is 849. The van der Waals surface area contributed by atoms with Gasteiger partial charge in [-0.3, -0.25) is 4.79 Å². The number of carbonyl (C=O) groups is 2. The molecule has 8 heteroatoms. The molecule has 1 amide bonds. The van der Waals surface area contributed by atoms with Gasteiger partial charge < -0.3 is 14.8 Å². The van der Waals surface area contributed by atoms with Crippen molar-refractivity contribution >= 4 is 39.8 Å². The smallest absolute Gasteiger partial charge is 0.344 e. The number of aryl methyl sites for hydroxylation is 2. The average molecular weight is 393 g/mol. The third-order valence-electron chi connectivity index (χ3n) is 3.46. The van der Waals surface area contributed by atoms with E-state index in [0.717, 1.165) is 11.1 Å². The first-order chi connectivity index (χ1) is 12.3. The van der Waals surface area contributed by atoms with E-state index in [0.29, 0.717) is 21.3 Å². The summed E-state index contributed by atoms with van der Waals surface area (Å²) in [5.41, 5.74) is 1.96. The standard InChI is InChI=1S/C18H17ClN2O4S/c1-10-6-14(19)7-11(2)16(10)24-9-15(22)25-12(3)17(23)21-18-13(8-20)4-5-26-18/h4-7,12H,9H2,1-3H3,(H,21,23)/t12-/m0/s1. The Morgan fingerprint density at radius 3 is 2.62 bits per heavy atom. The van der Waals surface area contributed by atoms with Gasteiger partial charge in [-0.2, -0.15) is 5.26 Å². The third kappa shape index (κ3) is 4.97. The van der Waals surface area contributed by atoms with Crippen molar-refractivity contribution in [3.8, 4) is 11.8 Å². The van der Waals surface area contributed by atoms with Crippen molar-refractivity contribution in [3.63, 3.8) is 0 Å². The lowest BCUT2D eigenvalue weighted by Gasteiger charge is -2.15. The van der Waals surface area contributed by atoms with Crippen molar-refractivity contribution in [1.82, 2.24) is 0 Å². The number of hydrogen-bond acceptors (Lipinski definition) is 6. The molecule has 0 saturated carbocycles. The lowest BCUT2D eigenvalue weighted by atomic mass is 10.1. The average Bonchev–Trinajstić information content (AvgIpc) is 3.00. The van der Waals surface area contributed by atoms with Gasteiger partial charge in [0.05, 0.1) is 5.56 Å². The van der Waals surface area contributed by atoms with E-state index in [9.17, 15) is 9.59 Å². The van der Waals surface area contributed by atoms with Crippen molar-refractivity contribution < 1.29 is 19.1 Å². The summed E-state index contributed by atoms with van der Waals surface area (Å²) in [4.78, 5) is 24.0. The van der Waals surface area contributed by atoms with Crippen molar-refractivity contribution in [2.75, 3.05) is 11.9 Å². The summed E-state index contributed by atoms with van der Waals surface area (Å²) in [5.74, 6) is -0.634. The minimum absolute atomic E-state index is 0.330. The summed E-state index contributed by atoms with van der Waals surface area (Å²) in [6.45, 7) is 4.77. The third-order valence-corrected chi connectivity index (χ3v) is 4.51. The van der Waals surface area contributed by atoms with Crippen LogP contribution in [-0.2, 0) is 14.3 Å². The number of halogens is 1. The number of amides is 1. The molecule has 1 heterocycles. The summed E-state index contributed by atoms with van der Waals surface area (Å²) < 4.78 is 10.6. The number of nitrogens with one attached hydrogen (secondary N) is 1. The lowest BCUT2D eigenvalue weighted by molar-refractivity contribution is -0.155. The molecule has 0 spiro atoms. The number of hydrogen-bond donors (Lipinski definition) is 1. The van der Waals surface area contributed by atoms with Crippen LogP contribution in [0.4, 0.5) is 5.00 Å². The first kappa shape index (κ1) is 19.8. The van der Waals surface area contributed by atoms with Crippen LogP contribution in [0.15, 0.2) is 23.6 Å². The lowest BCUT2D eigenvalue weighted by Crippen LogP contribution is -2.31. The SMILES string of the molecule is Cc1cc(Cl)cc(C)c1OCC(=O)O[C@@H](C)C(=O)Nc1sccc1C#N. The number of nitriles is 1. The van der Waals surface area contributed by atoms with E-state index in [-0.39, 0.29) is 6.61 Å². The molecule has 0 fully saturated rings. The molecule has 6 nitrogen and oxygen atoms in total. The summed E-state index contributed by atoms with van der Waals surface area (Å²) >= 11 is 7.18. The number of thiophene rings is 1. The number of carbonyl (C=O) groups excluding carboxylic acids is 2. The summed E-state index contributed by atoms with van der Waals surface area (Å²) in [7, 11) is 0. The molecular weight excluding hydrogens is 376 g/mol. The minimum Gasteiger partial charge on any atom is -0.481 e. The first-order valence-electron chi connectivity index (χ1n) is 7.69. The van der Waals surface area contributed by atoms with Gasteiger partial charge in [-0.05, 0) is 55.5 Å². The van der Waals surface area contributed by atoms with Crippen molar-refractivity contribution in [1.29, 1.82) is 5.26 Å². The van der Waals surface area contributed by atoms with Crippen LogP contribution in [0.5, 0.6) is 5.75 Å². The first-order valence-corrected chi connectivity index (χ1v) is 8.95. The normalized spacial score (nSPS) is 11.3. The van der Waals surface area contributed by atoms with Crippen molar-refractivity contribution in [3.05, 3.63) is 45.3 Å². The molecule has 26 heavy (non-hydrogen) atoms. The Labute approximate surface area is 160 Å². The maximum Gasteiger partial charge on any atom is 0.344 e. The molecule has 1 atom stereocenters. The van der Waals surface area contributed by atoms with E-state index in [4.69, 9.17) is 26.3 Å². The zero-order valence-electron chi connectivity index (χ0n) is 14.5. The highest BCUT2D eigenvalue weighted by atomic mass is 35.5. The molecule has 0 aliphatic heterocycles. The van der Waals surface area contributed by atoms with Crippen LogP contribution in [0, 0.1) is 25.2 Å². The Kier molecular flexibility index (Phi) is 6.61. The van der Waals surface area contributed by atoms with Crippen LogP contribution in [0.3, 0.4) is 0 Å². The molecule has 1 aromatic heterocycles. The molecule has 1 aromatic carbocycles. The molecule has 0 radical (unpaired) electrons. The molecule has 2 rings (SSSR count). The highest BCUT2D eigenvalue weighted by Crippen LogP contribution is 2.27. The number of benzene rings is 1. The number of esters is 1. The number of ether oxygens (including phenoxy) is 2. The van der Waals surface area contributed by atoms with Crippen LogP contribution < -0.4 is 10.1 Å². The molecule has 136 valence electrons. The van der Waals surface area contributed by atoms with E-state index in [2.05, 4.69) is 5.32 Å². The van der Waals surface area contributed by atoms with E-state index in [1.807, 2.05) is 19.9 Å². The Morgan fingerprint density at radius 2 is 2.00 bits per heavy atom. The van der Waals surface area contributed by atoms with Crippen LogP contribution in [0.1, 0.15) is 23.6 Å². The van der Waals surface area contributed by atoms with Gasteiger partial charge in [-0.25, -0.2) is 4.79 Å². The molecular formula is C18H17ClN2O4S. The van der Waals surface area contributed by atoms with Crippen LogP contribution >= 0.6 is 22.9 Å². The second-order valence-electron chi connectivity index (χ2n) is 5.55. The summed E-state index contributed by atoms with van der Waals surface area (Å²) in [5, 5.41) is 14.2. The maximum absolute atomic E-state index is 12.1. The summed E-state index contributed by atoms with van der Waals surface area (Å²) in [6.07, 6.45) is -1.02. The van der Waals surface area contributed by atoms with Gasteiger partial charge in [0.25, 0.3) is 5.91 Å². The number of anilines is 1. The molecule has 1 N–H and O–H groups in total. The monoisotopic (exact) mass is 392 g/mol. The quantitative estimate of drug-likeness (QED) is 0.754. The van der Waals surface area contributed by atoms with E-state index < -0.39 is 18.0 Å². The maximum atomic E-state index is 12.1. The number of nitrogens with zero attached hydrogens (tertiary/aromatic N) is 1. The highest BCUT2D eigenvalue weighted by Gasteiger charge is 2.20. The van der Waals surface area contributed by atoms with E-state index in [1.54, 1.807) is 23.6 Å². The molecule has 0 unspecified atom stereocenters. The minimum atomic E-state index is -1.02. The zero-order valence-corrected chi connectivity index (χ0v) is 16.0. The second kappa shape index (κ2) is 8.70. The predicted molar refractivity (Wildman–Crippen MR) is 99.6 cm³/mol. The molecule has 0 aliphatic carbocycles. The Balaban J connectivity index is 1.89. The van der Waals surface area contributed by atoms with Crippen LogP contribution in [-0.4, -0.2) is 24.6 Å². The Hall–Kier alpha value is -2.56. The van der Waals surface area contributed by atoms with Gasteiger partial charge in [0.15, 0.2) is 12.7 Å². The molecule has 2 aromatic rings. The van der Waals surface area contributed by atoms with Gasteiger partial charge >= 0.3 is 5.97 Å². The predicted octanol–water partition coefficient (Wildman–Crippen LogP) is 3.84. The highest BCUT2D eigenvalue weighted by molar-refractivity contribution is 7.14. The Morgan fingerprint density at radius 1 is 1.35 bits per heavy atom. The van der Waals surface area contributed by atoms with E-state index >= 15 is 0 Å². The fraction of sp³-hybridized carbons (Fsp3) is 0.278. The fourth-order valence-electron chi connectivity index (χ4n) is 2.25. The zero-order chi connectivity index (χ0) is 19.3. The number of rotatable bonds is 6. The van der Waals surface area contributed by atoms with Crippen molar-refractivity contribution in [2.45, 2.75) is 26.9 Å². The van der Waals surface area contributed by atoms with Crippen LogP contribution in [0.25, 0.3) is 0 Å². The van der Waals surface area contributed by atoms with Gasteiger partial charge in [0.1, 0.15) is 16.8 Å². The van der Waals surface area contributed by atoms with Gasteiger partial charge in [0, 0.05) is 5.02 Å². The topological polar surface area (TPSA) is 88.4 Å². The van der Waals surface area contributed by atoms with Gasteiger partial charge in [-0.15, -0.1) is 11.3 Å². The van der Waals surface area contributed by atoms with Gasteiger partial charge in [-0.1, -0.05) is 11.6 Å². The fourth-order valence-corrected chi connectivity index (χ4v) is 3.32. The van der Waals surface area contributed by atoms with Crippen molar-refractivity contribution in [2.24, 2.45) is 0 Å². The molecule has 0 bridgehead atoms. The molecule has 0 aliphatic rings.